The monoisotopic (exact) mass is 542 g/mol. The lowest BCUT2D eigenvalue weighted by Crippen LogP contribution is -2.29. The molecule has 3 heterocycles. The summed E-state index contributed by atoms with van der Waals surface area (Å²) in [5, 5.41) is 19.4. The normalized spacial score (nSPS) is 12.1. The molecule has 0 radical (unpaired) electrons. The molecule has 0 saturated carbocycles. The number of hydrogen-bond donors (Lipinski definition) is 4. The molecular weight excluding hydrogens is 508 g/mol. The van der Waals surface area contributed by atoms with Crippen LogP contribution in [0, 0.1) is 18.3 Å². The number of benzene rings is 2. The Hall–Kier alpha value is -5.09. The Morgan fingerprint density at radius 3 is 2.65 bits per heavy atom. The van der Waals surface area contributed by atoms with Crippen molar-refractivity contribution in [2.24, 2.45) is 22.1 Å². The molecule has 2 aromatic heterocycles. The van der Waals surface area contributed by atoms with Gasteiger partial charge in [-0.1, -0.05) is 22.6 Å². The van der Waals surface area contributed by atoms with E-state index in [0.717, 1.165) is 58.8 Å². The standard InChI is InChI=1S/C27H30N8O.H4N4/c1-17-12-23(34(4)9-8-33(2)3)21(29)13-22(17)31-27-30-15-18(14-28)25(32-27)20-16-35-10-11-36-24-7-5-6-19(20)26(24)35;1-3-4-2/h5-7,12-13,15-16H,8-11,29H2,1-4H3,(H,30,31,32);(H2,1,4)(H2,2,3). The van der Waals surface area contributed by atoms with E-state index in [-0.39, 0.29) is 0 Å². The number of para-hydroxylation sites is 1. The average Bonchev–Trinajstić information content (AvgIpc) is 3.34. The van der Waals surface area contributed by atoms with Gasteiger partial charge >= 0.3 is 0 Å². The van der Waals surface area contributed by atoms with Crippen LogP contribution >= 0.6 is 0 Å². The summed E-state index contributed by atoms with van der Waals surface area (Å²) in [6.07, 6.45) is 3.61. The van der Waals surface area contributed by atoms with Crippen molar-refractivity contribution < 1.29 is 4.74 Å². The Labute approximate surface area is 232 Å². The van der Waals surface area contributed by atoms with Crippen LogP contribution in [0.15, 0.2) is 53.2 Å². The van der Waals surface area contributed by atoms with Gasteiger partial charge < -0.3 is 41.8 Å². The zero-order valence-corrected chi connectivity index (χ0v) is 23.1. The van der Waals surface area contributed by atoms with E-state index in [0.29, 0.717) is 29.5 Å². The third-order valence-corrected chi connectivity index (χ3v) is 6.60. The van der Waals surface area contributed by atoms with Crippen LogP contribution in [0.3, 0.4) is 0 Å². The summed E-state index contributed by atoms with van der Waals surface area (Å²) < 4.78 is 8.00. The highest BCUT2D eigenvalue weighted by molar-refractivity contribution is 5.99. The fraction of sp³-hybridized carbons (Fsp3) is 0.296. The molecule has 7 N–H and O–H groups in total. The second-order valence-corrected chi connectivity index (χ2v) is 9.61. The number of hydrogen-bond acceptors (Lipinski definition) is 10. The van der Waals surface area contributed by atoms with Crippen molar-refractivity contribution in [3.05, 3.63) is 53.9 Å². The van der Waals surface area contributed by atoms with E-state index >= 15 is 0 Å². The Kier molecular flexibility index (Phi) is 8.51. The van der Waals surface area contributed by atoms with Gasteiger partial charge in [-0.25, -0.2) is 9.97 Å². The number of nitrogen functional groups attached to an aromatic ring is 1. The Bertz CT molecular complexity index is 1570. The zero-order valence-electron chi connectivity index (χ0n) is 23.1. The molecule has 4 aromatic rings. The van der Waals surface area contributed by atoms with Gasteiger partial charge in [-0.2, -0.15) is 5.26 Å². The van der Waals surface area contributed by atoms with Crippen LogP contribution in [0.5, 0.6) is 5.75 Å². The number of aryl methyl sites for hydroxylation is 1. The third-order valence-electron chi connectivity index (χ3n) is 6.60. The predicted octanol–water partition coefficient (Wildman–Crippen LogP) is 3.18. The summed E-state index contributed by atoms with van der Waals surface area (Å²) in [7, 11) is 6.15. The van der Waals surface area contributed by atoms with E-state index in [4.69, 9.17) is 15.5 Å². The van der Waals surface area contributed by atoms with Crippen LogP contribution in [-0.2, 0) is 6.54 Å². The molecule has 208 valence electrons. The summed E-state index contributed by atoms with van der Waals surface area (Å²) in [5.41, 5.74) is 12.8. The highest BCUT2D eigenvalue weighted by Gasteiger charge is 2.21. The predicted molar refractivity (Wildman–Crippen MR) is 157 cm³/mol. The lowest BCUT2D eigenvalue weighted by molar-refractivity contribution is 0.287. The first-order chi connectivity index (χ1) is 19.3. The molecule has 0 saturated heterocycles. The van der Waals surface area contributed by atoms with Gasteiger partial charge in [0.15, 0.2) is 0 Å². The molecule has 40 heavy (non-hydrogen) atoms. The Morgan fingerprint density at radius 1 is 1.18 bits per heavy atom. The van der Waals surface area contributed by atoms with Gasteiger partial charge in [0.05, 0.1) is 40.9 Å². The lowest BCUT2D eigenvalue weighted by atomic mass is 10.1. The molecule has 0 amide bonds. The maximum atomic E-state index is 9.80. The third kappa shape index (κ3) is 5.82. The SMILES string of the molecule is Cc1cc(N(C)CCN(C)C)c(N)cc1Nc1ncc(C#N)c(-c2cn3c4c(cccc24)OCC3)n1.N/N=N/N. The number of nitrogens with one attached hydrogen (secondary N) is 1. The Balaban J connectivity index is 0.000000867. The summed E-state index contributed by atoms with van der Waals surface area (Å²) >= 11 is 0. The first-order valence-electron chi connectivity index (χ1n) is 12.6. The fourth-order valence-corrected chi connectivity index (χ4v) is 4.56. The second-order valence-electron chi connectivity index (χ2n) is 9.61. The number of rotatable bonds is 7. The molecule has 0 spiro atoms. The van der Waals surface area contributed by atoms with Crippen molar-refractivity contribution in [3.8, 4) is 23.1 Å². The van der Waals surface area contributed by atoms with E-state index < -0.39 is 0 Å². The van der Waals surface area contributed by atoms with Crippen LogP contribution in [0.4, 0.5) is 23.0 Å². The van der Waals surface area contributed by atoms with Gasteiger partial charge in [0.1, 0.15) is 18.4 Å². The van der Waals surface area contributed by atoms with E-state index in [9.17, 15) is 5.26 Å². The van der Waals surface area contributed by atoms with Gasteiger partial charge in [-0.3, -0.25) is 0 Å². The van der Waals surface area contributed by atoms with Gasteiger partial charge in [0.2, 0.25) is 5.95 Å². The van der Waals surface area contributed by atoms with Gasteiger partial charge in [0, 0.05) is 43.0 Å². The highest BCUT2D eigenvalue weighted by Crippen LogP contribution is 2.38. The maximum Gasteiger partial charge on any atom is 0.227 e. The van der Waals surface area contributed by atoms with Gasteiger partial charge in [0.25, 0.3) is 0 Å². The first-order valence-corrected chi connectivity index (χ1v) is 12.6. The number of likely N-dealkylation sites (N-methyl/N-ethyl adjacent to an activating group) is 2. The average molecular weight is 543 g/mol. The van der Waals surface area contributed by atoms with Gasteiger partial charge in [-0.05, 0) is 44.8 Å². The van der Waals surface area contributed by atoms with Crippen molar-refractivity contribution in [1.29, 1.82) is 5.26 Å². The fourth-order valence-electron chi connectivity index (χ4n) is 4.56. The smallest absolute Gasteiger partial charge is 0.227 e. The van der Waals surface area contributed by atoms with Crippen LogP contribution in [0.1, 0.15) is 11.1 Å². The molecule has 1 aliphatic rings. The van der Waals surface area contributed by atoms with E-state index in [2.05, 4.69) is 73.0 Å². The summed E-state index contributed by atoms with van der Waals surface area (Å²) in [4.78, 5) is 13.5. The van der Waals surface area contributed by atoms with Crippen LogP contribution < -0.4 is 32.4 Å². The lowest BCUT2D eigenvalue weighted by Gasteiger charge is -2.24. The molecule has 13 heteroatoms. The molecule has 0 bridgehead atoms. The summed E-state index contributed by atoms with van der Waals surface area (Å²) in [6, 6.07) is 12.2. The van der Waals surface area contributed by atoms with E-state index in [1.165, 1.54) is 0 Å². The number of nitrogens with zero attached hydrogens (tertiary/aromatic N) is 8. The van der Waals surface area contributed by atoms with E-state index in [1.54, 1.807) is 6.20 Å². The van der Waals surface area contributed by atoms with Crippen molar-refractivity contribution >= 4 is 33.9 Å². The van der Waals surface area contributed by atoms with Gasteiger partial charge in [-0.15, -0.1) is 0 Å². The van der Waals surface area contributed by atoms with Crippen molar-refractivity contribution in [2.45, 2.75) is 13.5 Å². The van der Waals surface area contributed by atoms with Crippen molar-refractivity contribution in [3.63, 3.8) is 0 Å². The molecule has 5 rings (SSSR count). The second kappa shape index (κ2) is 12.2. The first kappa shape index (κ1) is 27.9. The largest absolute Gasteiger partial charge is 0.490 e. The number of aromatic nitrogens is 3. The number of ether oxygens (including phenoxy) is 1. The minimum Gasteiger partial charge on any atom is -0.490 e. The van der Waals surface area contributed by atoms with Crippen LogP contribution in [0.2, 0.25) is 0 Å². The van der Waals surface area contributed by atoms with Crippen molar-refractivity contribution in [1.82, 2.24) is 19.4 Å². The van der Waals surface area contributed by atoms with E-state index in [1.807, 2.05) is 44.4 Å². The topological polar surface area (TPSA) is 185 Å². The highest BCUT2D eigenvalue weighted by atomic mass is 16.5. The quantitative estimate of drug-likeness (QED) is 0.117. The summed E-state index contributed by atoms with van der Waals surface area (Å²) in [6.45, 7) is 5.19. The van der Waals surface area contributed by atoms with Crippen LogP contribution in [-0.4, -0.2) is 60.3 Å². The maximum absolute atomic E-state index is 9.80. The number of anilines is 4. The molecule has 2 aromatic carbocycles. The molecule has 0 unspecified atom stereocenters. The Morgan fingerprint density at radius 2 is 1.95 bits per heavy atom. The van der Waals surface area contributed by atoms with Crippen LogP contribution in [0.25, 0.3) is 22.2 Å². The minimum absolute atomic E-state index is 0.406. The molecule has 0 fully saturated rings. The molecule has 0 atom stereocenters. The zero-order chi connectivity index (χ0) is 28.8. The summed E-state index contributed by atoms with van der Waals surface area (Å²) in [5.74, 6) is 9.97. The van der Waals surface area contributed by atoms with Crippen molar-refractivity contribution in [2.75, 3.05) is 56.8 Å². The molecular formula is C27H34N12O. The minimum atomic E-state index is 0.406. The number of nitriles is 1. The molecule has 13 nitrogen and oxygen atoms in total. The molecule has 1 aliphatic heterocycles. The molecule has 0 aliphatic carbocycles. The number of nitrogens with two attached hydrogens (primary N) is 3.